The van der Waals surface area contributed by atoms with E-state index in [4.69, 9.17) is 14.2 Å². The first-order chi connectivity index (χ1) is 9.60. The number of hydrogen-bond acceptors (Lipinski definition) is 5. The van der Waals surface area contributed by atoms with E-state index < -0.39 is 0 Å². The molecule has 1 N–H and O–H groups in total. The number of aromatic nitrogens is 2. The first kappa shape index (κ1) is 13.2. The molecule has 0 saturated heterocycles. The quantitative estimate of drug-likeness (QED) is 0.801. The van der Waals surface area contributed by atoms with E-state index in [1.807, 2.05) is 22.6 Å². The maximum absolute atomic E-state index is 11.8. The van der Waals surface area contributed by atoms with Crippen molar-refractivity contribution in [2.75, 3.05) is 13.9 Å². The van der Waals surface area contributed by atoms with Crippen LogP contribution in [0.3, 0.4) is 0 Å². The fourth-order valence-electron chi connectivity index (χ4n) is 1.97. The van der Waals surface area contributed by atoms with Crippen molar-refractivity contribution in [3.63, 3.8) is 0 Å². The van der Waals surface area contributed by atoms with Gasteiger partial charge < -0.3 is 19.2 Å². The van der Waals surface area contributed by atoms with Crippen LogP contribution in [0.1, 0.15) is 5.69 Å². The van der Waals surface area contributed by atoms with Gasteiger partial charge in [-0.05, 0) is 41.6 Å². The minimum Gasteiger partial charge on any atom is -0.493 e. The highest BCUT2D eigenvalue weighted by Crippen LogP contribution is 2.43. The number of halogens is 1. The van der Waals surface area contributed by atoms with Crippen LogP contribution in [-0.4, -0.2) is 23.9 Å². The van der Waals surface area contributed by atoms with Gasteiger partial charge in [-0.15, -0.1) is 0 Å². The Kier molecular flexibility index (Phi) is 3.28. The van der Waals surface area contributed by atoms with Gasteiger partial charge in [0.25, 0.3) is 5.56 Å². The molecule has 2 heterocycles. The lowest BCUT2D eigenvalue weighted by atomic mass is 10.1. The molecule has 2 aromatic rings. The summed E-state index contributed by atoms with van der Waals surface area (Å²) < 4.78 is 16.6. The molecule has 0 radical (unpaired) electrons. The third-order valence-corrected chi connectivity index (χ3v) is 4.23. The van der Waals surface area contributed by atoms with Gasteiger partial charge in [0.2, 0.25) is 12.5 Å². The standard InChI is InChI=1S/C13H11IN2O4/c1-6-10(14)13(17)16-12(15-6)7-3-8(18-2)11-9(4-7)19-5-20-11/h3-4H,5H2,1-2H3,(H,15,16,17). The Morgan fingerprint density at radius 2 is 2.20 bits per heavy atom. The Bertz CT molecular complexity index is 742. The van der Waals surface area contributed by atoms with Crippen molar-refractivity contribution in [2.45, 2.75) is 6.92 Å². The van der Waals surface area contributed by atoms with E-state index in [2.05, 4.69) is 9.97 Å². The number of rotatable bonds is 2. The van der Waals surface area contributed by atoms with E-state index in [1.54, 1.807) is 26.2 Å². The first-order valence-electron chi connectivity index (χ1n) is 5.84. The molecule has 0 fully saturated rings. The summed E-state index contributed by atoms with van der Waals surface area (Å²) in [6.07, 6.45) is 0. The highest BCUT2D eigenvalue weighted by Gasteiger charge is 2.21. The molecule has 20 heavy (non-hydrogen) atoms. The average molecular weight is 386 g/mol. The summed E-state index contributed by atoms with van der Waals surface area (Å²) >= 11 is 1.97. The first-order valence-corrected chi connectivity index (χ1v) is 6.92. The van der Waals surface area contributed by atoms with Gasteiger partial charge in [-0.25, -0.2) is 4.98 Å². The van der Waals surface area contributed by atoms with Crippen LogP contribution in [0.5, 0.6) is 17.2 Å². The zero-order chi connectivity index (χ0) is 14.3. The van der Waals surface area contributed by atoms with Crippen molar-refractivity contribution < 1.29 is 14.2 Å². The lowest BCUT2D eigenvalue weighted by Gasteiger charge is -2.08. The Morgan fingerprint density at radius 3 is 2.90 bits per heavy atom. The maximum Gasteiger partial charge on any atom is 0.264 e. The summed E-state index contributed by atoms with van der Waals surface area (Å²) in [5, 5.41) is 0. The van der Waals surface area contributed by atoms with Gasteiger partial charge in [-0.2, -0.15) is 0 Å². The van der Waals surface area contributed by atoms with Gasteiger partial charge in [0.15, 0.2) is 11.5 Å². The van der Waals surface area contributed by atoms with E-state index in [9.17, 15) is 4.79 Å². The highest BCUT2D eigenvalue weighted by molar-refractivity contribution is 14.1. The summed E-state index contributed by atoms with van der Waals surface area (Å²) in [5.41, 5.74) is 1.23. The van der Waals surface area contributed by atoms with Gasteiger partial charge in [0, 0.05) is 5.56 Å². The number of ether oxygens (including phenoxy) is 3. The van der Waals surface area contributed by atoms with Crippen LogP contribution < -0.4 is 19.8 Å². The van der Waals surface area contributed by atoms with Crippen LogP contribution in [0, 0.1) is 10.5 Å². The Balaban J connectivity index is 2.18. The molecule has 0 amide bonds. The monoisotopic (exact) mass is 386 g/mol. The summed E-state index contributed by atoms with van der Waals surface area (Å²) in [5.74, 6) is 2.18. The molecule has 0 bridgehead atoms. The van der Waals surface area contributed by atoms with Crippen molar-refractivity contribution in [1.29, 1.82) is 0 Å². The van der Waals surface area contributed by atoms with Crippen molar-refractivity contribution in [1.82, 2.24) is 9.97 Å². The van der Waals surface area contributed by atoms with Gasteiger partial charge in [-0.1, -0.05) is 0 Å². The van der Waals surface area contributed by atoms with Crippen molar-refractivity contribution in [2.24, 2.45) is 0 Å². The van der Waals surface area contributed by atoms with Crippen molar-refractivity contribution in [3.8, 4) is 28.6 Å². The number of methoxy groups -OCH3 is 1. The van der Waals surface area contributed by atoms with E-state index in [1.165, 1.54) is 0 Å². The molecule has 0 saturated carbocycles. The number of nitrogens with zero attached hydrogens (tertiary/aromatic N) is 1. The fraction of sp³-hybridized carbons (Fsp3) is 0.231. The molecule has 1 aromatic carbocycles. The molecule has 3 rings (SSSR count). The van der Waals surface area contributed by atoms with Gasteiger partial charge >= 0.3 is 0 Å². The molecule has 1 aliphatic rings. The minimum atomic E-state index is -0.162. The van der Waals surface area contributed by atoms with Crippen LogP contribution in [-0.2, 0) is 0 Å². The van der Waals surface area contributed by atoms with Crippen LogP contribution in [0.4, 0.5) is 0 Å². The Morgan fingerprint density at radius 1 is 1.40 bits per heavy atom. The van der Waals surface area contributed by atoms with E-state index >= 15 is 0 Å². The Labute approximate surface area is 128 Å². The topological polar surface area (TPSA) is 73.4 Å². The molecule has 1 aromatic heterocycles. The third-order valence-electron chi connectivity index (χ3n) is 2.96. The highest BCUT2D eigenvalue weighted by atomic mass is 127. The zero-order valence-corrected chi connectivity index (χ0v) is 13.0. The molecule has 104 valence electrons. The number of fused-ring (bicyclic) bond motifs is 1. The summed E-state index contributed by atoms with van der Waals surface area (Å²) in [6.45, 7) is 1.95. The minimum absolute atomic E-state index is 0.158. The lowest BCUT2D eigenvalue weighted by molar-refractivity contribution is 0.171. The molecular weight excluding hydrogens is 375 g/mol. The molecule has 0 atom stereocenters. The second-order valence-electron chi connectivity index (χ2n) is 4.23. The van der Waals surface area contributed by atoms with Crippen molar-refractivity contribution in [3.05, 3.63) is 31.8 Å². The number of benzene rings is 1. The molecule has 1 aliphatic heterocycles. The molecule has 0 spiro atoms. The maximum atomic E-state index is 11.8. The third kappa shape index (κ3) is 2.11. The second kappa shape index (κ2) is 4.97. The average Bonchev–Trinajstić information content (AvgIpc) is 2.91. The normalized spacial score (nSPS) is 12.6. The zero-order valence-electron chi connectivity index (χ0n) is 10.8. The van der Waals surface area contributed by atoms with E-state index in [0.717, 1.165) is 0 Å². The van der Waals surface area contributed by atoms with Crippen LogP contribution >= 0.6 is 22.6 Å². The lowest BCUT2D eigenvalue weighted by Crippen LogP contribution is -2.14. The molecule has 6 nitrogen and oxygen atoms in total. The summed E-state index contributed by atoms with van der Waals surface area (Å²) in [4.78, 5) is 19.0. The number of hydrogen-bond donors (Lipinski definition) is 1. The Hall–Kier alpha value is -1.77. The smallest absolute Gasteiger partial charge is 0.264 e. The number of nitrogens with one attached hydrogen (secondary N) is 1. The number of aromatic amines is 1. The number of aryl methyl sites for hydroxylation is 1. The fourth-order valence-corrected chi connectivity index (χ4v) is 2.23. The molecule has 0 aliphatic carbocycles. The van der Waals surface area contributed by atoms with Gasteiger partial charge in [0.05, 0.1) is 16.4 Å². The van der Waals surface area contributed by atoms with Crippen LogP contribution in [0.15, 0.2) is 16.9 Å². The SMILES string of the molecule is COc1cc(-c2nc(C)c(I)c(=O)[nH]2)cc2c1OCO2. The molecule has 7 heteroatoms. The van der Waals surface area contributed by atoms with Crippen LogP contribution in [0.2, 0.25) is 0 Å². The predicted octanol–water partition coefficient (Wildman–Crippen LogP) is 2.09. The van der Waals surface area contributed by atoms with Gasteiger partial charge in [0.1, 0.15) is 5.82 Å². The van der Waals surface area contributed by atoms with E-state index in [0.29, 0.717) is 37.9 Å². The second-order valence-corrected chi connectivity index (χ2v) is 5.30. The van der Waals surface area contributed by atoms with Crippen LogP contribution in [0.25, 0.3) is 11.4 Å². The molecule has 0 unspecified atom stereocenters. The predicted molar refractivity (Wildman–Crippen MR) is 80.4 cm³/mol. The largest absolute Gasteiger partial charge is 0.493 e. The number of H-pyrrole nitrogens is 1. The summed E-state index contributed by atoms with van der Waals surface area (Å²) in [7, 11) is 1.55. The van der Waals surface area contributed by atoms with Gasteiger partial charge in [-0.3, -0.25) is 4.79 Å². The van der Waals surface area contributed by atoms with E-state index in [-0.39, 0.29) is 12.4 Å². The molecular formula is C13H11IN2O4. The van der Waals surface area contributed by atoms with Crippen molar-refractivity contribution >= 4 is 22.6 Å². The summed E-state index contributed by atoms with van der Waals surface area (Å²) in [6, 6.07) is 3.54.